The third kappa shape index (κ3) is 14.4. The van der Waals surface area contributed by atoms with Crippen LogP contribution in [0.3, 0.4) is 0 Å². The summed E-state index contributed by atoms with van der Waals surface area (Å²) >= 11 is 3.25. The van der Waals surface area contributed by atoms with Crippen molar-refractivity contribution in [3.8, 4) is 0 Å². The van der Waals surface area contributed by atoms with E-state index in [9.17, 15) is 20.4 Å². The van der Waals surface area contributed by atoms with Crippen LogP contribution in [0.2, 0.25) is 0 Å². The number of rotatable bonds is 27. The lowest BCUT2D eigenvalue weighted by atomic mass is 9.39. The molecular formula is C56H82IN9O5S. The van der Waals surface area contributed by atoms with Crippen LogP contribution in [0, 0.1) is 21.7 Å². The second kappa shape index (κ2) is 25.0. The Labute approximate surface area is 446 Å². The fraction of sp³-hybridized carbons (Fsp3) is 0.625. The van der Waals surface area contributed by atoms with Gasteiger partial charge in [-0.15, -0.1) is 0 Å². The molecular weight excluding hydrogens is 1040 g/mol. The van der Waals surface area contributed by atoms with Gasteiger partial charge in [0, 0.05) is 77.5 Å². The number of carbonyl (C=O) groups excluding carboxylic acids is 1. The summed E-state index contributed by atoms with van der Waals surface area (Å²) in [7, 11) is 2.24. The third-order valence-corrected chi connectivity index (χ3v) is 17.0. The molecule has 8 N–H and O–H groups in total. The number of aliphatic imine (C=N–C) groups is 2. The van der Waals surface area contributed by atoms with E-state index in [2.05, 4.69) is 41.1 Å². The number of unbranched alkanes of at least 4 members (excludes halogenated alkanes) is 10. The second-order valence-electron chi connectivity index (χ2n) is 22.4. The highest BCUT2D eigenvalue weighted by Gasteiger charge is 2.66. The summed E-state index contributed by atoms with van der Waals surface area (Å²) in [5.41, 5.74) is 17.5. The van der Waals surface area contributed by atoms with Gasteiger partial charge in [-0.2, -0.15) is 0 Å². The summed E-state index contributed by atoms with van der Waals surface area (Å²) in [6.45, 7) is 13.7. The van der Waals surface area contributed by atoms with Crippen LogP contribution in [-0.2, 0) is 14.3 Å². The highest BCUT2D eigenvalue weighted by Crippen LogP contribution is 2.71. The monoisotopic (exact) mass is 1120 g/mol. The van der Waals surface area contributed by atoms with Gasteiger partial charge in [0.15, 0.2) is 0 Å². The maximum atomic E-state index is 10.9. The van der Waals surface area contributed by atoms with Gasteiger partial charge in [-0.1, -0.05) is 95.1 Å². The number of hydrogen-bond donors (Lipinski definition) is 6. The number of aliphatic hydroxyl groups is 2. The number of aromatic nitrogens is 1. The van der Waals surface area contributed by atoms with Gasteiger partial charge in [-0.05, 0) is 138 Å². The Balaban J connectivity index is 0.908. The summed E-state index contributed by atoms with van der Waals surface area (Å²) in [6.07, 6.45) is 27.2. The first-order valence-corrected chi connectivity index (χ1v) is 28.4. The molecule has 0 amide bonds. The van der Waals surface area contributed by atoms with Gasteiger partial charge in [0.1, 0.15) is 29.8 Å². The number of nitrogens with zero attached hydrogens (tertiary/aromatic N) is 5. The minimum atomic E-state index is -0.871. The molecule has 2 aliphatic heterocycles. The number of nitrogens with two attached hydrogens (primary N) is 2. The van der Waals surface area contributed by atoms with Gasteiger partial charge < -0.3 is 46.3 Å². The Morgan fingerprint density at radius 2 is 1.61 bits per heavy atom. The van der Waals surface area contributed by atoms with Gasteiger partial charge in [0.25, 0.3) is 5.95 Å². The molecule has 2 unspecified atom stereocenters. The minimum absolute atomic E-state index is 0.00235. The number of dihydropyridines is 1. The number of hydrogen-bond acceptors (Lipinski definition) is 13. The molecule has 4 saturated carbocycles. The number of benzene rings is 1. The van der Waals surface area contributed by atoms with E-state index in [1.807, 2.05) is 55.2 Å². The zero-order chi connectivity index (χ0) is 51.5. The third-order valence-electron chi connectivity index (χ3n) is 15.7. The maximum absolute atomic E-state index is 10.9. The van der Waals surface area contributed by atoms with Crippen LogP contribution < -0.4 is 16.8 Å². The summed E-state index contributed by atoms with van der Waals surface area (Å²) in [6, 6.07) is 7.87. The van der Waals surface area contributed by atoms with Crippen molar-refractivity contribution in [3.63, 3.8) is 0 Å². The summed E-state index contributed by atoms with van der Waals surface area (Å²) in [4.78, 5) is 29.8. The number of likely N-dealkylation sites (tertiary alicyclic amines) is 1. The molecule has 14 nitrogen and oxygen atoms in total. The molecule has 72 heavy (non-hydrogen) atoms. The van der Waals surface area contributed by atoms with E-state index >= 15 is 0 Å². The van der Waals surface area contributed by atoms with Crippen molar-refractivity contribution in [2.45, 2.75) is 155 Å². The smallest absolute Gasteiger partial charge is 0.299 e. The van der Waals surface area contributed by atoms with Crippen molar-refractivity contribution in [3.05, 3.63) is 82.4 Å². The van der Waals surface area contributed by atoms with Crippen LogP contribution in [0.1, 0.15) is 150 Å². The Morgan fingerprint density at radius 3 is 2.26 bits per heavy atom. The van der Waals surface area contributed by atoms with Crippen molar-refractivity contribution in [1.82, 2.24) is 20.1 Å². The van der Waals surface area contributed by atoms with Crippen molar-refractivity contribution in [2.24, 2.45) is 37.7 Å². The predicted octanol–water partition coefficient (Wildman–Crippen LogP) is 12.0. The summed E-state index contributed by atoms with van der Waals surface area (Å²) in [5.74, 6) is 0.251. The molecule has 3 heterocycles. The van der Waals surface area contributed by atoms with E-state index in [1.165, 1.54) is 88.2 Å². The molecule has 1 aromatic carbocycles. The number of fused-ring (bicyclic) bond motifs is 1. The van der Waals surface area contributed by atoms with Gasteiger partial charge in [0.05, 0.1) is 22.4 Å². The molecule has 4 bridgehead atoms. The van der Waals surface area contributed by atoms with Gasteiger partial charge in [-0.3, -0.25) is 15.2 Å². The number of aliphatic hydroxyl groups excluding tert-OH is 1. The Hall–Kier alpha value is -4.10. The molecule has 394 valence electrons. The van der Waals surface area contributed by atoms with Crippen molar-refractivity contribution in [2.75, 3.05) is 53.0 Å². The molecule has 5 fully saturated rings. The molecule has 0 spiro atoms. The number of carbonyl (C=O) groups is 1. The first kappa shape index (κ1) is 55.6. The Kier molecular flexibility index (Phi) is 19.3. The maximum Gasteiger partial charge on any atom is 0.299 e. The lowest BCUT2D eigenvalue weighted by molar-refractivity contribution is -0.242. The van der Waals surface area contributed by atoms with Gasteiger partial charge in [-0.25, -0.2) is 9.98 Å². The van der Waals surface area contributed by atoms with Crippen LogP contribution in [-0.4, -0.2) is 105 Å². The quantitative estimate of drug-likeness (QED) is 0.0124. The lowest BCUT2D eigenvalue weighted by Crippen LogP contribution is -2.64. The fourth-order valence-corrected chi connectivity index (χ4v) is 14.6. The van der Waals surface area contributed by atoms with Crippen LogP contribution in [0.5, 0.6) is 0 Å². The second-order valence-corrected chi connectivity index (χ2v) is 24.6. The molecule has 4 aliphatic carbocycles. The average Bonchev–Trinajstić information content (AvgIpc) is 3.73. The SMILES string of the molecule is CC(=NCC12CC3(C)CC(C)(C1)CC(OCCN(C)CCCCCCCCCCCCCOCC(=O)I)(C3)C2)C(=CN)C1=CC=C(N2CCC/C(=C(C)/C(N)=N\c3nc4ccccc4s3)C2=N)NC1=C(O)O. The van der Waals surface area contributed by atoms with E-state index < -0.39 is 5.95 Å². The number of likely N-dealkylation sites (N-methyl/N-ethyl adjacent to an activating group) is 1. The van der Waals surface area contributed by atoms with E-state index in [1.54, 1.807) is 22.6 Å². The van der Waals surface area contributed by atoms with E-state index in [0.717, 1.165) is 86.1 Å². The number of piperidine rings is 1. The summed E-state index contributed by atoms with van der Waals surface area (Å²) < 4.78 is 13.5. The van der Waals surface area contributed by atoms with Gasteiger partial charge in [0.2, 0.25) is 8.92 Å². The first-order chi connectivity index (χ1) is 34.4. The molecule has 8 rings (SSSR count). The lowest BCUT2D eigenvalue weighted by Gasteiger charge is -2.69. The van der Waals surface area contributed by atoms with E-state index in [0.29, 0.717) is 59.6 Å². The molecule has 2 aromatic rings. The molecule has 2 atom stereocenters. The zero-order valence-electron chi connectivity index (χ0n) is 43.7. The number of para-hydroxylation sites is 1. The number of nitrogens with one attached hydrogen (secondary N) is 2. The molecule has 0 radical (unpaired) electrons. The minimum Gasteiger partial charge on any atom is -0.480 e. The van der Waals surface area contributed by atoms with Crippen LogP contribution in [0.4, 0.5) is 5.13 Å². The number of allylic oxidation sites excluding steroid dienone is 3. The fourth-order valence-electron chi connectivity index (χ4n) is 13.5. The standard InChI is InChI=1S/C56H82IN9O5S/c1-39(49(59)64-52-62-44-21-15-16-22-45(44)72-52)41-20-19-26-66(50(41)60)47-24-23-42(48(63-47)51(68)69)43(30-58)40(2)61-38-55-33-53(3)32-54(4,34-55)36-56(35-53,37-55)71-29-27-65(5)25-17-13-11-9-7-6-8-10-12-14-18-28-70-31-46(57)67/h15-16,21-24,30,60,63,68-69H,6-14,17-20,25-29,31-38,58H2,1-5H3,(H2,59,62,64)/b41-39-,43-30?,60-50?,61-40?. The van der Waals surface area contributed by atoms with Crippen molar-refractivity contribution in [1.29, 1.82) is 5.41 Å². The van der Waals surface area contributed by atoms with Gasteiger partial charge >= 0.3 is 0 Å². The van der Waals surface area contributed by atoms with Crippen LogP contribution >= 0.6 is 33.9 Å². The summed E-state index contributed by atoms with van der Waals surface area (Å²) in [5, 5.41) is 34.5. The number of amidine groups is 2. The number of ether oxygens (including phenoxy) is 2. The van der Waals surface area contributed by atoms with Crippen molar-refractivity contribution >= 4 is 70.4 Å². The van der Waals surface area contributed by atoms with E-state index in [-0.39, 0.29) is 43.8 Å². The van der Waals surface area contributed by atoms with Crippen LogP contribution in [0.15, 0.2) is 92.4 Å². The van der Waals surface area contributed by atoms with Crippen molar-refractivity contribution < 1.29 is 24.5 Å². The predicted molar refractivity (Wildman–Crippen MR) is 302 cm³/mol. The Morgan fingerprint density at radius 1 is 0.944 bits per heavy atom. The normalized spacial score (nSPS) is 26.4. The highest BCUT2D eigenvalue weighted by atomic mass is 127. The van der Waals surface area contributed by atoms with E-state index in [4.69, 9.17) is 25.9 Å². The largest absolute Gasteiger partial charge is 0.480 e. The number of thiazole rings is 1. The molecule has 16 heteroatoms. The average molecular weight is 1120 g/mol. The Bertz CT molecular complexity index is 2430. The zero-order valence-corrected chi connectivity index (χ0v) is 46.7. The topological polar surface area (TPSA) is 208 Å². The molecule has 1 saturated heterocycles. The molecule has 1 aromatic heterocycles. The van der Waals surface area contributed by atoms with Crippen LogP contribution in [0.25, 0.3) is 10.2 Å². The highest BCUT2D eigenvalue weighted by molar-refractivity contribution is 14.1. The molecule has 6 aliphatic rings. The first-order valence-electron chi connectivity index (χ1n) is 26.5. The number of halogens is 1.